The van der Waals surface area contributed by atoms with E-state index in [0.717, 1.165) is 0 Å². The van der Waals surface area contributed by atoms with Crippen LogP contribution in [0.25, 0.3) is 0 Å². The lowest BCUT2D eigenvalue weighted by Gasteiger charge is -1.97. The maximum atomic E-state index is 2.27. The Morgan fingerprint density at radius 2 is 1.29 bits per heavy atom. The molecule has 0 aromatic carbocycles. The van der Waals surface area contributed by atoms with Gasteiger partial charge in [0.15, 0.2) is 0 Å². The second-order valence-electron chi connectivity index (χ2n) is 1.76. The third kappa shape index (κ3) is 2.82. The molecule has 0 saturated heterocycles. The van der Waals surface area contributed by atoms with Crippen LogP contribution in [0, 0.1) is 0 Å². The van der Waals surface area contributed by atoms with E-state index in [1.165, 1.54) is 25.7 Å². The van der Waals surface area contributed by atoms with E-state index in [2.05, 4.69) is 12.2 Å². The Labute approximate surface area is 48.6 Å². The molecule has 1 aliphatic rings. The van der Waals surface area contributed by atoms with Gasteiger partial charge in [0.2, 0.25) is 0 Å². The Balaban J connectivity index is 0.000000360. The predicted molar refractivity (Wildman–Crippen MR) is 38.7 cm³/mol. The summed E-state index contributed by atoms with van der Waals surface area (Å²) in [5.41, 5.74) is 0. The van der Waals surface area contributed by atoms with Crippen molar-refractivity contribution in [3.63, 3.8) is 0 Å². The highest BCUT2D eigenvalue weighted by Gasteiger charge is 1.87. The molecule has 42 valence electrons. The van der Waals surface area contributed by atoms with Crippen molar-refractivity contribution in [2.75, 3.05) is 0 Å². The molecule has 1 heteroatoms. The largest absolute Gasteiger partial charge is 0.153 e. The van der Waals surface area contributed by atoms with E-state index < -0.39 is 0 Å². The Hall–Kier alpha value is 0.170. The first-order valence-corrected chi connectivity index (χ1v) is 2.65. The standard InChI is InChI=1S/C6H10.H3P/c1-2-4-6-5-3-1;/h1-2H,3-6H2;1H3. The summed E-state index contributed by atoms with van der Waals surface area (Å²) < 4.78 is 0. The molecular weight excluding hydrogens is 103 g/mol. The normalized spacial score (nSPS) is 18.3. The molecule has 0 aromatic heterocycles. The van der Waals surface area contributed by atoms with Crippen LogP contribution in [0.1, 0.15) is 25.7 Å². The van der Waals surface area contributed by atoms with E-state index in [0.29, 0.717) is 0 Å². The van der Waals surface area contributed by atoms with Crippen LogP contribution in [0.15, 0.2) is 12.2 Å². The van der Waals surface area contributed by atoms with Crippen LogP contribution < -0.4 is 0 Å². The molecule has 1 atom stereocenters. The fourth-order valence-corrected chi connectivity index (χ4v) is 0.760. The zero-order valence-corrected chi connectivity index (χ0v) is 6.10. The first kappa shape index (κ1) is 7.17. The fraction of sp³-hybridized carbons (Fsp3) is 0.667. The molecule has 0 nitrogen and oxygen atoms in total. The van der Waals surface area contributed by atoms with Crippen LogP contribution in [-0.4, -0.2) is 0 Å². The Morgan fingerprint density at radius 1 is 0.857 bits per heavy atom. The van der Waals surface area contributed by atoms with E-state index in [4.69, 9.17) is 0 Å². The quantitative estimate of drug-likeness (QED) is 0.336. The number of hydrogen-bond donors (Lipinski definition) is 0. The summed E-state index contributed by atoms with van der Waals surface area (Å²) in [5, 5.41) is 0. The molecule has 0 N–H and O–H groups in total. The minimum absolute atomic E-state index is 0. The molecule has 0 spiro atoms. The van der Waals surface area contributed by atoms with Gasteiger partial charge in [-0.15, -0.1) is 0 Å². The van der Waals surface area contributed by atoms with E-state index in [9.17, 15) is 0 Å². The molecule has 0 aliphatic heterocycles. The first-order chi connectivity index (χ1) is 3.00. The molecule has 0 heterocycles. The van der Waals surface area contributed by atoms with Gasteiger partial charge in [-0.2, -0.15) is 9.90 Å². The van der Waals surface area contributed by atoms with Gasteiger partial charge >= 0.3 is 0 Å². The lowest BCUT2D eigenvalue weighted by atomic mass is 10.1. The highest BCUT2D eigenvalue weighted by atomic mass is 31.0. The third-order valence-corrected chi connectivity index (χ3v) is 1.16. The maximum Gasteiger partial charge on any atom is -0.0351 e. The number of hydrogen-bond acceptors (Lipinski definition) is 0. The number of rotatable bonds is 0. The molecule has 0 aromatic rings. The van der Waals surface area contributed by atoms with Gasteiger partial charge in [0.1, 0.15) is 0 Å². The van der Waals surface area contributed by atoms with Gasteiger partial charge in [-0.3, -0.25) is 0 Å². The van der Waals surface area contributed by atoms with Crippen LogP contribution >= 0.6 is 9.90 Å². The van der Waals surface area contributed by atoms with Crippen molar-refractivity contribution in [3.8, 4) is 0 Å². The van der Waals surface area contributed by atoms with Crippen molar-refractivity contribution in [1.82, 2.24) is 0 Å². The molecule has 1 rings (SSSR count). The van der Waals surface area contributed by atoms with E-state index in [-0.39, 0.29) is 9.90 Å². The highest BCUT2D eigenvalue weighted by Crippen LogP contribution is 2.07. The average molecular weight is 116 g/mol. The van der Waals surface area contributed by atoms with Crippen LogP contribution in [0.5, 0.6) is 0 Å². The van der Waals surface area contributed by atoms with E-state index in [1.807, 2.05) is 0 Å². The summed E-state index contributed by atoms with van der Waals surface area (Å²) in [6.45, 7) is 0. The molecule has 1 unspecified atom stereocenters. The molecule has 0 radical (unpaired) electrons. The highest BCUT2D eigenvalue weighted by molar-refractivity contribution is 6.92. The lowest BCUT2D eigenvalue weighted by Crippen LogP contribution is -1.77. The summed E-state index contributed by atoms with van der Waals surface area (Å²) in [4.78, 5) is 0. The minimum Gasteiger partial charge on any atom is -0.153 e. The van der Waals surface area contributed by atoms with E-state index in [1.54, 1.807) is 0 Å². The molecular formula is C6H13P. The van der Waals surface area contributed by atoms with Crippen molar-refractivity contribution in [2.24, 2.45) is 0 Å². The molecule has 0 saturated carbocycles. The second-order valence-corrected chi connectivity index (χ2v) is 1.76. The zero-order chi connectivity index (χ0) is 4.24. The van der Waals surface area contributed by atoms with Gasteiger partial charge in [0, 0.05) is 0 Å². The Kier molecular flexibility index (Phi) is 4.44. The average Bonchev–Trinajstić information content (AvgIpc) is 1.72. The predicted octanol–water partition coefficient (Wildman–Crippen LogP) is 2.17. The van der Waals surface area contributed by atoms with Gasteiger partial charge in [0.05, 0.1) is 0 Å². The summed E-state index contributed by atoms with van der Waals surface area (Å²) in [7, 11) is 0. The SMILES string of the molecule is C1=CCCCC1.P. The molecule has 7 heavy (non-hydrogen) atoms. The van der Waals surface area contributed by atoms with Crippen LogP contribution in [0.3, 0.4) is 0 Å². The molecule has 0 bridgehead atoms. The Bertz CT molecular complexity index is 49.2. The summed E-state index contributed by atoms with van der Waals surface area (Å²) in [6, 6.07) is 0. The molecule has 0 fully saturated rings. The Morgan fingerprint density at radius 3 is 1.43 bits per heavy atom. The van der Waals surface area contributed by atoms with Crippen LogP contribution in [-0.2, 0) is 0 Å². The number of allylic oxidation sites excluding steroid dienone is 2. The van der Waals surface area contributed by atoms with Gasteiger partial charge < -0.3 is 0 Å². The molecule has 0 amide bonds. The third-order valence-electron chi connectivity index (χ3n) is 1.16. The van der Waals surface area contributed by atoms with Gasteiger partial charge in [-0.05, 0) is 25.7 Å². The topological polar surface area (TPSA) is 0 Å². The van der Waals surface area contributed by atoms with Crippen molar-refractivity contribution >= 4 is 9.90 Å². The fourth-order valence-electron chi connectivity index (χ4n) is 0.760. The zero-order valence-electron chi connectivity index (χ0n) is 4.69. The lowest BCUT2D eigenvalue weighted by molar-refractivity contribution is 0.730. The monoisotopic (exact) mass is 116 g/mol. The van der Waals surface area contributed by atoms with Crippen molar-refractivity contribution in [1.29, 1.82) is 0 Å². The van der Waals surface area contributed by atoms with Gasteiger partial charge in [-0.1, -0.05) is 12.2 Å². The summed E-state index contributed by atoms with van der Waals surface area (Å²) >= 11 is 0. The van der Waals surface area contributed by atoms with Crippen molar-refractivity contribution in [2.45, 2.75) is 25.7 Å². The smallest absolute Gasteiger partial charge is 0.0351 e. The first-order valence-electron chi connectivity index (χ1n) is 2.65. The van der Waals surface area contributed by atoms with Gasteiger partial charge in [0.25, 0.3) is 0 Å². The van der Waals surface area contributed by atoms with Crippen molar-refractivity contribution in [3.05, 3.63) is 12.2 Å². The van der Waals surface area contributed by atoms with Gasteiger partial charge in [-0.25, -0.2) is 0 Å². The van der Waals surface area contributed by atoms with Crippen molar-refractivity contribution < 1.29 is 0 Å². The second kappa shape index (κ2) is 4.33. The van der Waals surface area contributed by atoms with E-state index >= 15 is 0 Å². The summed E-state index contributed by atoms with van der Waals surface area (Å²) in [6.07, 6.45) is 10.0. The molecule has 1 aliphatic carbocycles. The van der Waals surface area contributed by atoms with Crippen LogP contribution in [0.2, 0.25) is 0 Å². The summed E-state index contributed by atoms with van der Waals surface area (Å²) in [5.74, 6) is 0. The maximum absolute atomic E-state index is 2.27. The van der Waals surface area contributed by atoms with Crippen LogP contribution in [0.4, 0.5) is 0 Å². The minimum atomic E-state index is 0.